The van der Waals surface area contributed by atoms with Crippen LogP contribution in [0.5, 0.6) is 0 Å². The van der Waals surface area contributed by atoms with Crippen molar-refractivity contribution in [1.82, 2.24) is 4.98 Å². The van der Waals surface area contributed by atoms with Crippen molar-refractivity contribution in [2.75, 3.05) is 10.7 Å². The van der Waals surface area contributed by atoms with Crippen molar-refractivity contribution in [2.45, 2.75) is 13.8 Å². The van der Waals surface area contributed by atoms with Crippen LogP contribution in [0, 0.1) is 5.92 Å². The Morgan fingerprint density at radius 1 is 1.47 bits per heavy atom. The molecule has 17 heavy (non-hydrogen) atoms. The molecule has 0 radical (unpaired) electrons. The number of carbonyl (C=O) groups excluding carboxylic acids is 1. The van der Waals surface area contributed by atoms with E-state index in [1.807, 2.05) is 32.0 Å². The first kappa shape index (κ1) is 11.8. The van der Waals surface area contributed by atoms with Gasteiger partial charge in [-0.15, -0.1) is 0 Å². The number of aromatic nitrogens is 1. The Bertz CT molecular complexity index is 549. The zero-order valence-electron chi connectivity index (χ0n) is 9.65. The van der Waals surface area contributed by atoms with Crippen LogP contribution in [0.3, 0.4) is 0 Å². The minimum atomic E-state index is -0.0394. The third-order valence-corrected chi connectivity index (χ3v) is 3.27. The summed E-state index contributed by atoms with van der Waals surface area (Å²) in [5.41, 5.74) is 4.09. The lowest BCUT2D eigenvalue weighted by Crippen LogP contribution is -2.17. The molecule has 5 nitrogen and oxygen atoms in total. The third-order valence-electron chi connectivity index (χ3n) is 2.30. The van der Waals surface area contributed by atoms with Gasteiger partial charge in [0.1, 0.15) is 0 Å². The van der Waals surface area contributed by atoms with Gasteiger partial charge < -0.3 is 5.32 Å². The van der Waals surface area contributed by atoms with Crippen LogP contribution in [0.15, 0.2) is 18.2 Å². The fourth-order valence-corrected chi connectivity index (χ4v) is 2.11. The van der Waals surface area contributed by atoms with Crippen LogP contribution in [0.25, 0.3) is 10.2 Å². The lowest BCUT2D eigenvalue weighted by molar-refractivity contribution is -0.118. The molecule has 0 spiro atoms. The monoisotopic (exact) mass is 250 g/mol. The second-order valence-electron chi connectivity index (χ2n) is 3.99. The number of nitrogens with zero attached hydrogens (tertiary/aromatic N) is 1. The first-order valence-corrected chi connectivity index (χ1v) is 6.10. The number of hydrogen-bond donors (Lipinski definition) is 3. The third kappa shape index (κ3) is 2.54. The Morgan fingerprint density at radius 3 is 2.88 bits per heavy atom. The quantitative estimate of drug-likeness (QED) is 0.576. The standard InChI is InChI=1S/C11H14N4OS/c1-6(2)10(16)13-7-3-4-9-8(5-7)14-11(15-12)17-9/h3-6H,12H2,1-2H3,(H,13,16)(H,14,15). The van der Waals surface area contributed by atoms with Gasteiger partial charge in [0.15, 0.2) is 5.13 Å². The van der Waals surface area contributed by atoms with Gasteiger partial charge in [0.25, 0.3) is 0 Å². The molecule has 0 atom stereocenters. The SMILES string of the molecule is CC(C)C(=O)Nc1ccc2sc(NN)nc2c1. The number of nitrogen functional groups attached to an aromatic ring is 1. The molecule has 1 heterocycles. The van der Waals surface area contributed by atoms with Gasteiger partial charge in [-0.2, -0.15) is 0 Å². The molecule has 0 unspecified atom stereocenters. The van der Waals surface area contributed by atoms with E-state index < -0.39 is 0 Å². The van der Waals surface area contributed by atoms with Crippen LogP contribution >= 0.6 is 11.3 Å². The largest absolute Gasteiger partial charge is 0.326 e. The minimum Gasteiger partial charge on any atom is -0.326 e. The fourth-order valence-electron chi connectivity index (χ4n) is 1.35. The topological polar surface area (TPSA) is 80.0 Å². The van der Waals surface area contributed by atoms with Gasteiger partial charge in [-0.25, -0.2) is 10.8 Å². The van der Waals surface area contributed by atoms with Crippen LogP contribution < -0.4 is 16.6 Å². The maximum Gasteiger partial charge on any atom is 0.226 e. The molecule has 0 aliphatic heterocycles. The van der Waals surface area contributed by atoms with Crippen LogP contribution in [-0.2, 0) is 4.79 Å². The highest BCUT2D eigenvalue weighted by Gasteiger charge is 2.08. The number of carbonyl (C=O) groups is 1. The lowest BCUT2D eigenvalue weighted by atomic mass is 10.2. The Labute approximate surface area is 103 Å². The van der Waals surface area contributed by atoms with E-state index in [2.05, 4.69) is 15.7 Å². The average Bonchev–Trinajstić information content (AvgIpc) is 2.70. The second-order valence-corrected chi connectivity index (χ2v) is 5.02. The summed E-state index contributed by atoms with van der Waals surface area (Å²) in [4.78, 5) is 15.8. The molecule has 4 N–H and O–H groups in total. The van der Waals surface area contributed by atoms with Gasteiger partial charge >= 0.3 is 0 Å². The molecule has 1 aromatic heterocycles. The van der Waals surface area contributed by atoms with Crippen molar-refractivity contribution in [2.24, 2.45) is 11.8 Å². The number of amides is 1. The van der Waals surface area contributed by atoms with E-state index in [9.17, 15) is 4.79 Å². The van der Waals surface area contributed by atoms with E-state index in [0.717, 1.165) is 15.9 Å². The van der Waals surface area contributed by atoms with Gasteiger partial charge in [-0.1, -0.05) is 25.2 Å². The van der Waals surface area contributed by atoms with Crippen molar-refractivity contribution in [3.05, 3.63) is 18.2 Å². The molecular formula is C11H14N4OS. The average molecular weight is 250 g/mol. The number of nitrogens with one attached hydrogen (secondary N) is 2. The van der Waals surface area contributed by atoms with Crippen molar-refractivity contribution >= 4 is 38.3 Å². The van der Waals surface area contributed by atoms with Crippen LogP contribution in [0.1, 0.15) is 13.8 Å². The molecule has 6 heteroatoms. The molecule has 1 amide bonds. The molecule has 0 aliphatic rings. The summed E-state index contributed by atoms with van der Waals surface area (Å²) >= 11 is 1.47. The van der Waals surface area contributed by atoms with E-state index in [0.29, 0.717) is 5.13 Å². The lowest BCUT2D eigenvalue weighted by Gasteiger charge is -2.06. The van der Waals surface area contributed by atoms with E-state index in [1.165, 1.54) is 11.3 Å². The predicted octanol–water partition coefficient (Wildman–Crippen LogP) is 2.18. The van der Waals surface area contributed by atoms with E-state index in [-0.39, 0.29) is 11.8 Å². The highest BCUT2D eigenvalue weighted by molar-refractivity contribution is 7.22. The molecule has 0 saturated carbocycles. The minimum absolute atomic E-state index is 0.00301. The molecule has 0 bridgehead atoms. The van der Waals surface area contributed by atoms with E-state index >= 15 is 0 Å². The van der Waals surface area contributed by atoms with Crippen molar-refractivity contribution < 1.29 is 4.79 Å². The highest BCUT2D eigenvalue weighted by atomic mass is 32.1. The summed E-state index contributed by atoms with van der Waals surface area (Å²) < 4.78 is 1.03. The summed E-state index contributed by atoms with van der Waals surface area (Å²) in [6, 6.07) is 5.62. The van der Waals surface area contributed by atoms with Crippen molar-refractivity contribution in [3.63, 3.8) is 0 Å². The summed E-state index contributed by atoms with van der Waals surface area (Å²) in [5.74, 6) is 5.26. The molecular weight excluding hydrogens is 236 g/mol. The van der Waals surface area contributed by atoms with Crippen molar-refractivity contribution in [1.29, 1.82) is 0 Å². The number of thiazole rings is 1. The molecule has 2 rings (SSSR count). The zero-order valence-corrected chi connectivity index (χ0v) is 10.5. The number of benzene rings is 1. The summed E-state index contributed by atoms with van der Waals surface area (Å²) in [6.07, 6.45) is 0. The first-order valence-electron chi connectivity index (χ1n) is 5.28. The number of anilines is 2. The number of hydrogen-bond acceptors (Lipinski definition) is 5. The molecule has 90 valence electrons. The Hall–Kier alpha value is -1.66. The first-order chi connectivity index (χ1) is 8.10. The normalized spacial score (nSPS) is 10.8. The Morgan fingerprint density at radius 2 is 2.24 bits per heavy atom. The van der Waals surface area contributed by atoms with Crippen LogP contribution in [0.4, 0.5) is 10.8 Å². The van der Waals surface area contributed by atoms with Gasteiger partial charge in [0.05, 0.1) is 10.2 Å². The van der Waals surface area contributed by atoms with Gasteiger partial charge in [-0.05, 0) is 18.2 Å². The molecule has 0 saturated heterocycles. The number of fused-ring (bicyclic) bond motifs is 1. The molecule has 0 fully saturated rings. The number of nitrogens with two attached hydrogens (primary N) is 1. The van der Waals surface area contributed by atoms with Gasteiger partial charge in [0.2, 0.25) is 5.91 Å². The highest BCUT2D eigenvalue weighted by Crippen LogP contribution is 2.27. The second kappa shape index (κ2) is 4.68. The maximum absolute atomic E-state index is 11.5. The molecule has 1 aromatic carbocycles. The molecule has 0 aliphatic carbocycles. The van der Waals surface area contributed by atoms with E-state index in [4.69, 9.17) is 5.84 Å². The summed E-state index contributed by atoms with van der Waals surface area (Å²) in [5, 5.41) is 3.49. The van der Waals surface area contributed by atoms with Crippen molar-refractivity contribution in [3.8, 4) is 0 Å². The number of hydrazine groups is 1. The maximum atomic E-state index is 11.5. The van der Waals surface area contributed by atoms with Gasteiger partial charge in [0, 0.05) is 11.6 Å². The number of rotatable bonds is 3. The summed E-state index contributed by atoms with van der Waals surface area (Å²) in [7, 11) is 0. The fraction of sp³-hybridized carbons (Fsp3) is 0.273. The van der Waals surface area contributed by atoms with Crippen LogP contribution in [0.2, 0.25) is 0 Å². The van der Waals surface area contributed by atoms with E-state index in [1.54, 1.807) is 0 Å². The smallest absolute Gasteiger partial charge is 0.226 e. The molecule has 2 aromatic rings. The zero-order chi connectivity index (χ0) is 12.4. The van der Waals surface area contributed by atoms with Gasteiger partial charge in [-0.3, -0.25) is 10.2 Å². The summed E-state index contributed by atoms with van der Waals surface area (Å²) in [6.45, 7) is 3.71. The Kier molecular flexibility index (Phi) is 3.26. The predicted molar refractivity (Wildman–Crippen MR) is 70.9 cm³/mol. The Balaban J connectivity index is 2.28. The van der Waals surface area contributed by atoms with Crippen LogP contribution in [-0.4, -0.2) is 10.9 Å².